The highest BCUT2D eigenvalue weighted by atomic mass is 16.2. The Morgan fingerprint density at radius 2 is 2.00 bits per heavy atom. The molecule has 4 heteroatoms. The molecular formula is C9H19N3O. The van der Waals surface area contributed by atoms with E-state index in [1.807, 2.05) is 7.05 Å². The van der Waals surface area contributed by atoms with E-state index in [1.165, 1.54) is 0 Å². The molecule has 13 heavy (non-hydrogen) atoms. The van der Waals surface area contributed by atoms with Crippen molar-refractivity contribution >= 4 is 6.03 Å². The molecular weight excluding hydrogens is 166 g/mol. The maximum atomic E-state index is 11.4. The van der Waals surface area contributed by atoms with Gasteiger partial charge in [-0.2, -0.15) is 0 Å². The van der Waals surface area contributed by atoms with Crippen molar-refractivity contribution in [1.82, 2.24) is 15.1 Å². The molecule has 4 nitrogen and oxygen atoms in total. The van der Waals surface area contributed by atoms with Crippen LogP contribution in [0.5, 0.6) is 0 Å². The van der Waals surface area contributed by atoms with Gasteiger partial charge in [0.05, 0.1) is 0 Å². The summed E-state index contributed by atoms with van der Waals surface area (Å²) in [6, 6.07) is 0.0901. The van der Waals surface area contributed by atoms with Crippen molar-refractivity contribution in [3.05, 3.63) is 0 Å². The molecule has 1 saturated heterocycles. The number of rotatable bonds is 3. The van der Waals surface area contributed by atoms with Gasteiger partial charge in [-0.05, 0) is 25.4 Å². The number of urea groups is 1. The molecule has 0 atom stereocenters. The molecule has 1 aliphatic heterocycles. The van der Waals surface area contributed by atoms with Crippen molar-refractivity contribution in [3.8, 4) is 0 Å². The van der Waals surface area contributed by atoms with Crippen LogP contribution in [0, 0.1) is 5.92 Å². The molecule has 0 unspecified atom stereocenters. The van der Waals surface area contributed by atoms with Crippen LogP contribution < -0.4 is 5.32 Å². The summed E-state index contributed by atoms with van der Waals surface area (Å²) in [6.45, 7) is 3.09. The van der Waals surface area contributed by atoms with E-state index in [1.54, 1.807) is 23.9 Å². The third-order valence-corrected chi connectivity index (χ3v) is 2.45. The summed E-state index contributed by atoms with van der Waals surface area (Å²) in [6.07, 6.45) is 1.11. The first kappa shape index (κ1) is 10.3. The molecule has 0 radical (unpaired) electrons. The smallest absolute Gasteiger partial charge is 0.319 e. The van der Waals surface area contributed by atoms with Gasteiger partial charge in [0.15, 0.2) is 0 Å². The number of nitrogens with zero attached hydrogens (tertiary/aromatic N) is 2. The standard InChI is InChI=1S/C9H19N3O/c1-11(2)9(13)12(3)5-4-8-6-10-7-8/h8,10H,4-7H2,1-3H3. The van der Waals surface area contributed by atoms with Crippen LogP contribution in [-0.2, 0) is 0 Å². The number of carbonyl (C=O) groups is 1. The molecule has 0 aromatic rings. The Morgan fingerprint density at radius 3 is 2.38 bits per heavy atom. The van der Waals surface area contributed by atoms with E-state index in [4.69, 9.17) is 0 Å². The van der Waals surface area contributed by atoms with E-state index in [9.17, 15) is 4.79 Å². The normalized spacial score (nSPS) is 16.5. The molecule has 1 aliphatic rings. The summed E-state index contributed by atoms with van der Waals surface area (Å²) in [5, 5.41) is 3.22. The van der Waals surface area contributed by atoms with E-state index >= 15 is 0 Å². The maximum Gasteiger partial charge on any atom is 0.319 e. The molecule has 0 aliphatic carbocycles. The second kappa shape index (κ2) is 4.46. The van der Waals surface area contributed by atoms with E-state index in [-0.39, 0.29) is 6.03 Å². The fourth-order valence-electron chi connectivity index (χ4n) is 1.37. The number of carbonyl (C=O) groups excluding carboxylic acids is 1. The van der Waals surface area contributed by atoms with Crippen molar-refractivity contribution in [1.29, 1.82) is 0 Å². The van der Waals surface area contributed by atoms with Crippen LogP contribution in [0.15, 0.2) is 0 Å². The van der Waals surface area contributed by atoms with Gasteiger partial charge in [-0.15, -0.1) is 0 Å². The second-order valence-corrected chi connectivity index (χ2v) is 3.91. The third-order valence-electron chi connectivity index (χ3n) is 2.45. The fraction of sp³-hybridized carbons (Fsp3) is 0.889. The summed E-state index contributed by atoms with van der Waals surface area (Å²) in [5.41, 5.74) is 0. The van der Waals surface area contributed by atoms with Crippen LogP contribution in [0.3, 0.4) is 0 Å². The molecule has 0 aromatic heterocycles. The molecule has 1 heterocycles. The quantitative estimate of drug-likeness (QED) is 0.682. The van der Waals surface area contributed by atoms with Crippen molar-refractivity contribution in [2.24, 2.45) is 5.92 Å². The van der Waals surface area contributed by atoms with Crippen LogP contribution in [0.1, 0.15) is 6.42 Å². The Hall–Kier alpha value is -0.770. The van der Waals surface area contributed by atoms with Crippen LogP contribution in [-0.4, -0.2) is 56.6 Å². The Labute approximate surface area is 79.9 Å². The number of amides is 2. The van der Waals surface area contributed by atoms with Crippen LogP contribution in [0.2, 0.25) is 0 Å². The maximum absolute atomic E-state index is 11.4. The predicted octanol–water partition coefficient (Wildman–Crippen LogP) is 0.209. The molecule has 76 valence electrons. The van der Waals surface area contributed by atoms with E-state index in [2.05, 4.69) is 5.32 Å². The first-order valence-corrected chi connectivity index (χ1v) is 4.74. The molecule has 0 aromatic carbocycles. The Morgan fingerprint density at radius 1 is 1.38 bits per heavy atom. The van der Waals surface area contributed by atoms with Gasteiger partial charge in [-0.1, -0.05) is 0 Å². The Balaban J connectivity index is 2.15. The molecule has 0 saturated carbocycles. The summed E-state index contributed by atoms with van der Waals surface area (Å²) >= 11 is 0. The van der Waals surface area contributed by atoms with Gasteiger partial charge in [0.1, 0.15) is 0 Å². The van der Waals surface area contributed by atoms with Crippen molar-refractivity contribution in [2.45, 2.75) is 6.42 Å². The fourth-order valence-corrected chi connectivity index (χ4v) is 1.37. The van der Waals surface area contributed by atoms with Crippen molar-refractivity contribution < 1.29 is 4.79 Å². The monoisotopic (exact) mass is 185 g/mol. The minimum atomic E-state index is 0.0901. The molecule has 0 spiro atoms. The summed E-state index contributed by atoms with van der Waals surface area (Å²) in [7, 11) is 5.42. The SMILES string of the molecule is CN(C)C(=O)N(C)CCC1CNC1. The lowest BCUT2D eigenvalue weighted by Gasteiger charge is -2.29. The average molecular weight is 185 g/mol. The van der Waals surface area contributed by atoms with Crippen molar-refractivity contribution in [2.75, 3.05) is 40.8 Å². The topological polar surface area (TPSA) is 35.6 Å². The molecule has 2 amide bonds. The van der Waals surface area contributed by atoms with E-state index in [0.29, 0.717) is 0 Å². The number of hydrogen-bond donors (Lipinski definition) is 1. The first-order valence-electron chi connectivity index (χ1n) is 4.74. The minimum absolute atomic E-state index is 0.0901. The zero-order valence-corrected chi connectivity index (χ0v) is 8.71. The Bertz CT molecular complexity index is 178. The molecule has 1 fully saturated rings. The summed E-state index contributed by atoms with van der Waals surface area (Å²) in [5.74, 6) is 0.775. The van der Waals surface area contributed by atoms with Gasteiger partial charge in [-0.25, -0.2) is 4.79 Å². The molecule has 0 bridgehead atoms. The van der Waals surface area contributed by atoms with Crippen molar-refractivity contribution in [3.63, 3.8) is 0 Å². The van der Waals surface area contributed by atoms with Gasteiger partial charge in [0, 0.05) is 27.7 Å². The lowest BCUT2D eigenvalue weighted by atomic mass is 9.99. The molecule has 1 N–H and O–H groups in total. The second-order valence-electron chi connectivity index (χ2n) is 3.91. The number of hydrogen-bond acceptors (Lipinski definition) is 2. The van der Waals surface area contributed by atoms with Gasteiger partial charge in [-0.3, -0.25) is 0 Å². The van der Waals surface area contributed by atoms with E-state index in [0.717, 1.165) is 32.0 Å². The molecule has 1 rings (SSSR count). The third kappa shape index (κ3) is 2.88. The first-order chi connectivity index (χ1) is 6.11. The van der Waals surface area contributed by atoms with Crippen LogP contribution in [0.4, 0.5) is 4.79 Å². The highest BCUT2D eigenvalue weighted by molar-refractivity contribution is 5.73. The van der Waals surface area contributed by atoms with Gasteiger partial charge >= 0.3 is 6.03 Å². The van der Waals surface area contributed by atoms with Crippen LogP contribution >= 0.6 is 0 Å². The predicted molar refractivity (Wildman–Crippen MR) is 52.7 cm³/mol. The Kier molecular flexibility index (Phi) is 3.54. The van der Waals surface area contributed by atoms with Gasteiger partial charge in [0.2, 0.25) is 0 Å². The van der Waals surface area contributed by atoms with Gasteiger partial charge < -0.3 is 15.1 Å². The highest BCUT2D eigenvalue weighted by Crippen LogP contribution is 2.08. The highest BCUT2D eigenvalue weighted by Gasteiger charge is 2.18. The zero-order chi connectivity index (χ0) is 9.84. The minimum Gasteiger partial charge on any atom is -0.331 e. The van der Waals surface area contributed by atoms with Crippen LogP contribution in [0.25, 0.3) is 0 Å². The van der Waals surface area contributed by atoms with E-state index < -0.39 is 0 Å². The lowest BCUT2D eigenvalue weighted by molar-refractivity contribution is 0.175. The summed E-state index contributed by atoms with van der Waals surface area (Å²) < 4.78 is 0. The number of nitrogens with one attached hydrogen (secondary N) is 1. The lowest BCUT2D eigenvalue weighted by Crippen LogP contribution is -2.44. The average Bonchev–Trinajstić information content (AvgIpc) is 1.99. The largest absolute Gasteiger partial charge is 0.331 e. The zero-order valence-electron chi connectivity index (χ0n) is 8.71. The summed E-state index contributed by atoms with van der Waals surface area (Å²) in [4.78, 5) is 14.8. The van der Waals surface area contributed by atoms with Gasteiger partial charge in [0.25, 0.3) is 0 Å².